The minimum atomic E-state index is -4.79. The first-order valence-corrected chi connectivity index (χ1v) is 8.82. The summed E-state index contributed by atoms with van der Waals surface area (Å²) in [6.45, 7) is 9.14. The third-order valence-corrected chi connectivity index (χ3v) is 4.59. The van der Waals surface area contributed by atoms with Crippen LogP contribution in [0.25, 0.3) is 5.70 Å². The molecule has 0 saturated carbocycles. The Hall–Kier alpha value is -2.22. The number of hydrogen-bond donors (Lipinski definition) is 0. The maximum absolute atomic E-state index is 12.7. The molecule has 0 radical (unpaired) electrons. The Morgan fingerprint density at radius 1 is 1.22 bits per heavy atom. The van der Waals surface area contributed by atoms with E-state index < -0.39 is 12.0 Å². The molecule has 5 nitrogen and oxygen atoms in total. The Balaban J connectivity index is 1.96. The second kappa shape index (κ2) is 6.74. The topological polar surface area (TPSA) is 42.0 Å². The van der Waals surface area contributed by atoms with Gasteiger partial charge in [0, 0.05) is 24.7 Å². The Kier molecular flexibility index (Phi) is 4.88. The van der Waals surface area contributed by atoms with Gasteiger partial charge >= 0.3 is 6.36 Å². The summed E-state index contributed by atoms with van der Waals surface area (Å²) in [6, 6.07) is 4.17. The van der Waals surface area contributed by atoms with Crippen molar-refractivity contribution in [2.75, 3.05) is 19.6 Å². The molecular weight excluding hydrogens is 361 g/mol. The molecule has 0 atom stereocenters. The number of carbonyl (C=O) groups excluding carboxylic acids is 1. The van der Waals surface area contributed by atoms with Gasteiger partial charge in [-0.15, -0.1) is 13.2 Å². The normalized spacial score (nSPS) is 20.2. The van der Waals surface area contributed by atoms with Crippen LogP contribution in [0.2, 0.25) is 0 Å². The van der Waals surface area contributed by atoms with Crippen molar-refractivity contribution in [2.45, 2.75) is 45.7 Å². The molecule has 2 heterocycles. The van der Waals surface area contributed by atoms with Gasteiger partial charge in [0.05, 0.1) is 12.2 Å². The van der Waals surface area contributed by atoms with E-state index >= 15 is 0 Å². The second-order valence-electron chi connectivity index (χ2n) is 7.55. The highest BCUT2D eigenvalue weighted by Crippen LogP contribution is 2.41. The van der Waals surface area contributed by atoms with Gasteiger partial charge in [-0.2, -0.15) is 0 Å². The van der Waals surface area contributed by atoms with Gasteiger partial charge in [-0.3, -0.25) is 9.69 Å². The molecule has 1 aromatic rings. The zero-order chi connectivity index (χ0) is 20.0. The first kappa shape index (κ1) is 19.5. The van der Waals surface area contributed by atoms with Gasteiger partial charge in [-0.25, -0.2) is 0 Å². The quantitative estimate of drug-likeness (QED) is 0.798. The predicted octanol–water partition coefficient (Wildman–Crippen LogP) is 3.65. The molecular formula is C19H23F3N2O3. The van der Waals surface area contributed by atoms with Crippen LogP contribution in [0.3, 0.4) is 0 Å². The summed E-state index contributed by atoms with van der Waals surface area (Å²) in [7, 11) is 0. The van der Waals surface area contributed by atoms with Crippen LogP contribution >= 0.6 is 0 Å². The minimum absolute atomic E-state index is 0.0907. The van der Waals surface area contributed by atoms with Crippen molar-refractivity contribution in [3.8, 4) is 11.5 Å². The molecule has 1 aromatic carbocycles. The van der Waals surface area contributed by atoms with Gasteiger partial charge in [0.2, 0.25) is 5.91 Å². The van der Waals surface area contributed by atoms with E-state index in [1.165, 1.54) is 18.2 Å². The average Bonchev–Trinajstić information content (AvgIpc) is 2.52. The van der Waals surface area contributed by atoms with Gasteiger partial charge in [0.15, 0.2) is 0 Å². The number of fused-ring (bicyclic) bond motifs is 1. The van der Waals surface area contributed by atoms with Crippen molar-refractivity contribution < 1.29 is 27.4 Å². The van der Waals surface area contributed by atoms with Crippen LogP contribution in [-0.2, 0) is 4.79 Å². The van der Waals surface area contributed by atoms with Gasteiger partial charge in [0.25, 0.3) is 0 Å². The summed E-state index contributed by atoms with van der Waals surface area (Å²) in [6.07, 6.45) is -3.01. The summed E-state index contributed by atoms with van der Waals surface area (Å²) in [5, 5.41) is 0. The zero-order valence-electron chi connectivity index (χ0n) is 15.8. The number of piperazine rings is 1. The fourth-order valence-electron chi connectivity index (χ4n) is 3.33. The average molecular weight is 384 g/mol. The number of alkyl halides is 3. The standard InChI is InChI=1S/C19H23F3N2O3/c1-12(2)23-7-8-24(17(25)11-23)15-10-18(3,4)27-16-6-5-13(9-14(15)16)26-19(20,21)22/h5-6,9-10,12H,7-8,11H2,1-4H3. The van der Waals surface area contributed by atoms with Crippen molar-refractivity contribution in [3.05, 3.63) is 29.8 Å². The Morgan fingerprint density at radius 2 is 1.93 bits per heavy atom. The first-order chi connectivity index (χ1) is 12.5. The molecule has 0 aliphatic carbocycles. The largest absolute Gasteiger partial charge is 0.573 e. The Morgan fingerprint density at radius 3 is 2.52 bits per heavy atom. The fraction of sp³-hybridized carbons (Fsp3) is 0.526. The van der Waals surface area contributed by atoms with Crippen LogP contribution in [-0.4, -0.2) is 53.3 Å². The van der Waals surface area contributed by atoms with Gasteiger partial charge in [0.1, 0.15) is 17.1 Å². The highest BCUT2D eigenvalue weighted by atomic mass is 19.4. The summed E-state index contributed by atoms with van der Waals surface area (Å²) in [5.41, 5.74) is 0.286. The second-order valence-corrected chi connectivity index (χ2v) is 7.55. The summed E-state index contributed by atoms with van der Waals surface area (Å²) in [4.78, 5) is 16.4. The van der Waals surface area contributed by atoms with E-state index in [1.807, 2.05) is 27.7 Å². The van der Waals surface area contributed by atoms with Gasteiger partial charge < -0.3 is 14.4 Å². The first-order valence-electron chi connectivity index (χ1n) is 8.82. The molecule has 2 aliphatic rings. The van der Waals surface area contributed by atoms with Crippen LogP contribution < -0.4 is 9.47 Å². The third-order valence-electron chi connectivity index (χ3n) is 4.59. The van der Waals surface area contributed by atoms with E-state index in [4.69, 9.17) is 4.74 Å². The molecule has 1 amide bonds. The fourth-order valence-corrected chi connectivity index (χ4v) is 3.33. The van der Waals surface area contributed by atoms with Gasteiger partial charge in [-0.1, -0.05) is 0 Å². The summed E-state index contributed by atoms with van der Waals surface area (Å²) in [5.74, 6) is -0.0122. The number of carbonyl (C=O) groups is 1. The molecule has 148 valence electrons. The molecule has 0 bridgehead atoms. The highest BCUT2D eigenvalue weighted by molar-refractivity contribution is 5.90. The predicted molar refractivity (Wildman–Crippen MR) is 94.2 cm³/mol. The molecule has 2 aliphatic heterocycles. The number of benzene rings is 1. The molecule has 27 heavy (non-hydrogen) atoms. The number of rotatable bonds is 3. The summed E-state index contributed by atoms with van der Waals surface area (Å²) >= 11 is 0. The van der Waals surface area contributed by atoms with E-state index in [9.17, 15) is 18.0 Å². The Bertz CT molecular complexity index is 772. The highest BCUT2D eigenvalue weighted by Gasteiger charge is 2.36. The molecule has 3 rings (SSSR count). The SMILES string of the molecule is CC(C)N1CCN(C2=CC(C)(C)Oc3ccc(OC(F)(F)F)cc32)C(=O)C1. The number of hydrogen-bond acceptors (Lipinski definition) is 4. The van der Waals surface area contributed by atoms with Crippen molar-refractivity contribution in [1.82, 2.24) is 9.80 Å². The lowest BCUT2D eigenvalue weighted by Gasteiger charge is -2.40. The van der Waals surface area contributed by atoms with Crippen LogP contribution in [0.1, 0.15) is 33.3 Å². The van der Waals surface area contributed by atoms with Gasteiger partial charge in [-0.05, 0) is 52.0 Å². The lowest BCUT2D eigenvalue weighted by molar-refractivity contribution is -0.274. The molecule has 0 aromatic heterocycles. The zero-order valence-corrected chi connectivity index (χ0v) is 15.8. The number of amides is 1. The van der Waals surface area contributed by atoms with E-state index in [1.54, 1.807) is 11.0 Å². The van der Waals surface area contributed by atoms with Crippen LogP contribution in [0.15, 0.2) is 24.3 Å². The Labute approximate surface area is 156 Å². The number of ether oxygens (including phenoxy) is 2. The minimum Gasteiger partial charge on any atom is -0.483 e. The maximum Gasteiger partial charge on any atom is 0.573 e. The molecule has 1 saturated heterocycles. The van der Waals surface area contributed by atoms with E-state index in [2.05, 4.69) is 9.64 Å². The van der Waals surface area contributed by atoms with Crippen molar-refractivity contribution in [1.29, 1.82) is 0 Å². The molecule has 0 spiro atoms. The maximum atomic E-state index is 12.7. The molecule has 0 N–H and O–H groups in total. The lowest BCUT2D eigenvalue weighted by atomic mass is 9.97. The molecule has 8 heteroatoms. The van der Waals surface area contributed by atoms with E-state index in [-0.39, 0.29) is 24.2 Å². The van der Waals surface area contributed by atoms with Crippen molar-refractivity contribution in [3.63, 3.8) is 0 Å². The smallest absolute Gasteiger partial charge is 0.483 e. The van der Waals surface area contributed by atoms with Crippen LogP contribution in [0, 0.1) is 0 Å². The summed E-state index contributed by atoms with van der Waals surface area (Å²) < 4.78 is 47.7. The molecule has 1 fully saturated rings. The monoisotopic (exact) mass is 384 g/mol. The third kappa shape index (κ3) is 4.37. The van der Waals surface area contributed by atoms with Crippen LogP contribution in [0.5, 0.6) is 11.5 Å². The van der Waals surface area contributed by atoms with Crippen molar-refractivity contribution in [2.24, 2.45) is 0 Å². The molecule has 0 unspecified atom stereocenters. The lowest BCUT2D eigenvalue weighted by Crippen LogP contribution is -2.52. The van der Waals surface area contributed by atoms with E-state index in [0.29, 0.717) is 30.1 Å². The van der Waals surface area contributed by atoms with Crippen LogP contribution in [0.4, 0.5) is 13.2 Å². The number of halogens is 3. The van der Waals surface area contributed by atoms with Crippen molar-refractivity contribution >= 4 is 11.6 Å². The van der Waals surface area contributed by atoms with E-state index in [0.717, 1.165) is 0 Å². The number of nitrogens with zero attached hydrogens (tertiary/aromatic N) is 2.